The summed E-state index contributed by atoms with van der Waals surface area (Å²) >= 11 is 0. The molecule has 1 fully saturated rings. The molecule has 0 unspecified atom stereocenters. The minimum absolute atomic E-state index is 0.00565. The maximum Gasteiger partial charge on any atom is 0.325 e. The Morgan fingerprint density at radius 2 is 1.62 bits per heavy atom. The van der Waals surface area contributed by atoms with Crippen molar-refractivity contribution < 1.29 is 28.6 Å². The molecule has 0 aromatic carbocycles. The van der Waals surface area contributed by atoms with Crippen LogP contribution in [0, 0.1) is 5.92 Å². The highest BCUT2D eigenvalue weighted by atomic mass is 16.6. The van der Waals surface area contributed by atoms with Crippen LogP contribution < -0.4 is 16.0 Å². The third-order valence-electron chi connectivity index (χ3n) is 4.39. The Balaban J connectivity index is 2.13. The summed E-state index contributed by atoms with van der Waals surface area (Å²) in [6, 6.07) is 0.0490. The minimum atomic E-state index is -0.568. The third-order valence-corrected chi connectivity index (χ3v) is 4.39. The van der Waals surface area contributed by atoms with E-state index in [0.29, 0.717) is 32.7 Å². The molecule has 0 aromatic rings. The van der Waals surface area contributed by atoms with Crippen LogP contribution >= 0.6 is 0 Å². The Kier molecular flexibility index (Phi) is 11.8. The lowest BCUT2D eigenvalue weighted by atomic mass is 9.85. The molecule has 2 amide bonds. The van der Waals surface area contributed by atoms with E-state index in [2.05, 4.69) is 16.0 Å². The number of hydrogen-bond acceptors (Lipinski definition) is 7. The van der Waals surface area contributed by atoms with Crippen LogP contribution in [0.3, 0.4) is 0 Å². The van der Waals surface area contributed by atoms with E-state index < -0.39 is 11.6 Å². The van der Waals surface area contributed by atoms with Gasteiger partial charge in [0.15, 0.2) is 0 Å². The van der Waals surface area contributed by atoms with Gasteiger partial charge in [0.2, 0.25) is 11.8 Å². The molecule has 0 aliphatic heterocycles. The van der Waals surface area contributed by atoms with E-state index in [-0.39, 0.29) is 36.9 Å². The fourth-order valence-corrected chi connectivity index (χ4v) is 3.01. The molecule has 0 atom stereocenters. The van der Waals surface area contributed by atoms with Crippen molar-refractivity contribution in [2.24, 2.45) is 5.92 Å². The van der Waals surface area contributed by atoms with E-state index in [1.165, 1.54) is 0 Å². The van der Waals surface area contributed by atoms with Gasteiger partial charge in [-0.15, -0.1) is 0 Å². The number of nitrogens with one attached hydrogen (secondary N) is 3. The van der Waals surface area contributed by atoms with E-state index in [0.717, 1.165) is 19.4 Å². The summed E-state index contributed by atoms with van der Waals surface area (Å²) in [6.45, 7) is 7.46. The predicted molar refractivity (Wildman–Crippen MR) is 108 cm³/mol. The first kappa shape index (κ1) is 25.3. The van der Waals surface area contributed by atoms with E-state index in [9.17, 15) is 14.4 Å². The molecule has 0 heterocycles. The first-order valence-electron chi connectivity index (χ1n) is 10.3. The molecular weight excluding hydrogens is 378 g/mol. The van der Waals surface area contributed by atoms with Crippen molar-refractivity contribution in [3.05, 3.63) is 0 Å². The highest BCUT2D eigenvalue weighted by Gasteiger charge is 2.27. The molecule has 0 radical (unpaired) electrons. The maximum atomic E-state index is 12.2. The molecule has 168 valence electrons. The number of rotatable bonds is 12. The molecule has 1 rings (SSSR count). The monoisotopic (exact) mass is 415 g/mol. The summed E-state index contributed by atoms with van der Waals surface area (Å²) in [5, 5.41) is 8.57. The lowest BCUT2D eigenvalue weighted by Gasteiger charge is -2.28. The summed E-state index contributed by atoms with van der Waals surface area (Å²) in [4.78, 5) is 35.8. The number of carbonyl (C=O) groups excluding carboxylic acids is 3. The third kappa shape index (κ3) is 12.5. The molecule has 1 saturated carbocycles. The number of esters is 1. The second kappa shape index (κ2) is 13.5. The van der Waals surface area contributed by atoms with Gasteiger partial charge in [-0.25, -0.2) is 0 Å². The molecule has 0 spiro atoms. The molecule has 29 heavy (non-hydrogen) atoms. The summed E-state index contributed by atoms with van der Waals surface area (Å²) in [7, 11) is 1.86. The first-order chi connectivity index (χ1) is 13.7. The Morgan fingerprint density at radius 3 is 2.24 bits per heavy atom. The van der Waals surface area contributed by atoms with Crippen molar-refractivity contribution in [3.63, 3.8) is 0 Å². The topological polar surface area (TPSA) is 115 Å². The van der Waals surface area contributed by atoms with Crippen LogP contribution in [0.4, 0.5) is 0 Å². The van der Waals surface area contributed by atoms with Crippen molar-refractivity contribution in [2.45, 2.75) is 58.1 Å². The van der Waals surface area contributed by atoms with Crippen LogP contribution in [-0.2, 0) is 28.6 Å². The first-order valence-corrected chi connectivity index (χ1v) is 10.3. The lowest BCUT2D eigenvalue weighted by molar-refractivity contribution is -0.154. The molecule has 1 aliphatic rings. The lowest BCUT2D eigenvalue weighted by Crippen LogP contribution is -2.43. The second-order valence-electron chi connectivity index (χ2n) is 8.19. The Labute approximate surface area is 173 Å². The Morgan fingerprint density at radius 1 is 0.966 bits per heavy atom. The molecule has 0 aromatic heterocycles. The summed E-state index contributed by atoms with van der Waals surface area (Å²) in [6.07, 6.45) is 2.79. The molecule has 9 nitrogen and oxygen atoms in total. The summed E-state index contributed by atoms with van der Waals surface area (Å²) < 4.78 is 15.8. The number of ether oxygens (including phenoxy) is 3. The molecule has 0 saturated heterocycles. The van der Waals surface area contributed by atoms with Gasteiger partial charge in [-0.05, 0) is 53.5 Å². The van der Waals surface area contributed by atoms with Gasteiger partial charge in [0.25, 0.3) is 0 Å². The van der Waals surface area contributed by atoms with Crippen LogP contribution in [-0.4, -0.2) is 76.0 Å². The normalized spacial score (nSPS) is 19.4. The largest absolute Gasteiger partial charge is 0.459 e. The number of likely N-dealkylation sites (N-methyl/N-ethyl adjacent to an activating group) is 1. The Hall–Kier alpha value is -1.71. The Bertz CT molecular complexity index is 513. The number of hydrogen-bond donors (Lipinski definition) is 3. The molecule has 3 N–H and O–H groups in total. The van der Waals surface area contributed by atoms with Gasteiger partial charge in [0.05, 0.1) is 19.8 Å². The van der Waals surface area contributed by atoms with Crippen molar-refractivity contribution in [3.8, 4) is 0 Å². The van der Waals surface area contributed by atoms with Gasteiger partial charge in [-0.2, -0.15) is 0 Å². The van der Waals surface area contributed by atoms with Crippen molar-refractivity contribution in [1.82, 2.24) is 16.0 Å². The van der Waals surface area contributed by atoms with Gasteiger partial charge >= 0.3 is 5.97 Å². The molecular formula is C20H37N3O6. The van der Waals surface area contributed by atoms with Gasteiger partial charge in [0.1, 0.15) is 18.8 Å². The van der Waals surface area contributed by atoms with Gasteiger partial charge in [0, 0.05) is 18.5 Å². The van der Waals surface area contributed by atoms with E-state index >= 15 is 0 Å². The minimum Gasteiger partial charge on any atom is -0.459 e. The zero-order valence-corrected chi connectivity index (χ0v) is 18.2. The van der Waals surface area contributed by atoms with Crippen LogP contribution in [0.25, 0.3) is 0 Å². The van der Waals surface area contributed by atoms with Gasteiger partial charge in [-0.3, -0.25) is 14.4 Å². The molecule has 0 bridgehead atoms. The summed E-state index contributed by atoms with van der Waals surface area (Å²) in [5.41, 5.74) is -0.568. The van der Waals surface area contributed by atoms with Crippen LogP contribution in [0.1, 0.15) is 46.5 Å². The second-order valence-corrected chi connectivity index (χ2v) is 8.19. The quantitative estimate of drug-likeness (QED) is 0.312. The highest BCUT2D eigenvalue weighted by molar-refractivity contribution is 5.83. The summed E-state index contributed by atoms with van der Waals surface area (Å²) in [5.74, 6) is -0.879. The van der Waals surface area contributed by atoms with Gasteiger partial charge in [-0.1, -0.05) is 0 Å². The molecule has 9 heteroatoms. The van der Waals surface area contributed by atoms with Crippen LogP contribution in [0.2, 0.25) is 0 Å². The fourth-order valence-electron chi connectivity index (χ4n) is 3.01. The van der Waals surface area contributed by atoms with Crippen molar-refractivity contribution >= 4 is 17.8 Å². The molecule has 1 aliphatic carbocycles. The van der Waals surface area contributed by atoms with Crippen molar-refractivity contribution in [1.29, 1.82) is 0 Å². The number of carbonyl (C=O) groups is 3. The smallest absolute Gasteiger partial charge is 0.325 e. The van der Waals surface area contributed by atoms with E-state index in [1.54, 1.807) is 20.8 Å². The van der Waals surface area contributed by atoms with Crippen molar-refractivity contribution in [2.75, 3.05) is 46.6 Å². The average Bonchev–Trinajstić information content (AvgIpc) is 2.64. The predicted octanol–water partition coefficient (Wildman–Crippen LogP) is 0.372. The maximum absolute atomic E-state index is 12.2. The SMILES string of the molecule is CNCCOCCOCC(=O)NC1CCC(C(=O)NCC(=O)OC(C)(C)C)CC1. The van der Waals surface area contributed by atoms with E-state index in [1.807, 2.05) is 7.05 Å². The average molecular weight is 416 g/mol. The van der Waals surface area contributed by atoms with Crippen LogP contribution in [0.5, 0.6) is 0 Å². The zero-order valence-electron chi connectivity index (χ0n) is 18.2. The standard InChI is InChI=1S/C20H37N3O6/c1-20(2,3)29-18(25)13-22-19(26)15-5-7-16(8-6-15)23-17(24)14-28-12-11-27-10-9-21-4/h15-16,21H,5-14H2,1-4H3,(H,22,26)(H,23,24). The fraction of sp³-hybridized carbons (Fsp3) is 0.850. The van der Waals surface area contributed by atoms with Crippen LogP contribution in [0.15, 0.2) is 0 Å². The highest BCUT2D eigenvalue weighted by Crippen LogP contribution is 2.24. The van der Waals surface area contributed by atoms with Gasteiger partial charge < -0.3 is 30.2 Å². The number of amides is 2. The van der Waals surface area contributed by atoms with E-state index in [4.69, 9.17) is 14.2 Å². The zero-order chi connectivity index (χ0) is 21.7.